The summed E-state index contributed by atoms with van der Waals surface area (Å²) >= 11 is 0. The summed E-state index contributed by atoms with van der Waals surface area (Å²) in [7, 11) is 0. The number of carbonyl (C=O) groups excluding carboxylic acids is 2. The molecule has 2 atom stereocenters. The molecule has 9 heteroatoms. The Kier molecular flexibility index (Phi) is 5.49. The first kappa shape index (κ1) is 16.9. The average molecular weight is 324 g/mol. The van der Waals surface area contributed by atoms with Crippen molar-refractivity contribution in [2.24, 2.45) is 0 Å². The Bertz CT molecular complexity index is 411. The van der Waals surface area contributed by atoms with Crippen LogP contribution < -0.4 is 5.32 Å². The molecule has 0 bridgehead atoms. The van der Waals surface area contributed by atoms with Crippen LogP contribution in [0.4, 0.5) is 18.0 Å². The van der Waals surface area contributed by atoms with E-state index in [4.69, 9.17) is 4.74 Å². The van der Waals surface area contributed by atoms with Gasteiger partial charge in [0.2, 0.25) is 5.91 Å². The highest BCUT2D eigenvalue weighted by molar-refractivity contribution is 5.86. The van der Waals surface area contributed by atoms with Crippen LogP contribution in [0.1, 0.15) is 25.7 Å². The van der Waals surface area contributed by atoms with Gasteiger partial charge in [0, 0.05) is 19.7 Å². The van der Waals surface area contributed by atoms with E-state index in [9.17, 15) is 22.8 Å². The number of alkyl halides is 3. The second kappa shape index (κ2) is 7.17. The molecule has 0 aromatic rings. The van der Waals surface area contributed by atoms with Gasteiger partial charge in [-0.05, 0) is 25.7 Å². The maximum absolute atomic E-state index is 12.1. The molecule has 2 fully saturated rings. The van der Waals surface area contributed by atoms with Gasteiger partial charge in [-0.1, -0.05) is 0 Å². The zero-order valence-electron chi connectivity index (χ0n) is 12.0. The van der Waals surface area contributed by atoms with Crippen molar-refractivity contribution in [2.75, 3.05) is 26.3 Å². The largest absolute Gasteiger partial charge is 0.440 e. The molecule has 0 aromatic heterocycles. The summed E-state index contributed by atoms with van der Waals surface area (Å²) < 4.78 is 45.8. The lowest BCUT2D eigenvalue weighted by molar-refractivity contribution is -0.162. The minimum atomic E-state index is -4.58. The van der Waals surface area contributed by atoms with E-state index in [0.29, 0.717) is 26.0 Å². The van der Waals surface area contributed by atoms with Gasteiger partial charge in [-0.15, -0.1) is 0 Å². The summed E-state index contributed by atoms with van der Waals surface area (Å²) in [4.78, 5) is 24.8. The molecule has 0 spiro atoms. The summed E-state index contributed by atoms with van der Waals surface area (Å²) in [6.07, 6.45) is -2.93. The van der Waals surface area contributed by atoms with E-state index in [-0.39, 0.29) is 18.6 Å². The van der Waals surface area contributed by atoms with Gasteiger partial charge in [-0.25, -0.2) is 4.79 Å². The lowest BCUT2D eigenvalue weighted by Gasteiger charge is -2.24. The van der Waals surface area contributed by atoms with Crippen molar-refractivity contribution < 1.29 is 32.2 Å². The van der Waals surface area contributed by atoms with Crippen LogP contribution in [-0.4, -0.2) is 61.5 Å². The van der Waals surface area contributed by atoms with Crippen LogP contribution in [0.2, 0.25) is 0 Å². The number of ether oxygens (including phenoxy) is 2. The van der Waals surface area contributed by atoms with Crippen molar-refractivity contribution >= 4 is 12.0 Å². The van der Waals surface area contributed by atoms with Gasteiger partial charge in [-0.2, -0.15) is 13.2 Å². The van der Waals surface area contributed by atoms with Crippen LogP contribution in [-0.2, 0) is 14.3 Å². The third-order valence-corrected chi connectivity index (χ3v) is 3.68. The summed E-state index contributed by atoms with van der Waals surface area (Å²) in [5.41, 5.74) is 0. The Morgan fingerprint density at radius 2 is 2.05 bits per heavy atom. The van der Waals surface area contributed by atoms with Crippen LogP contribution >= 0.6 is 0 Å². The zero-order valence-corrected chi connectivity index (χ0v) is 12.0. The van der Waals surface area contributed by atoms with Gasteiger partial charge in [0.15, 0.2) is 6.61 Å². The topological polar surface area (TPSA) is 67.9 Å². The standard InChI is InChI=1S/C13H19F3N2O4/c14-13(15,16)8-22-12(20)18-5-1-4-10(18)11(19)17-7-9-3-2-6-21-9/h9-10H,1-8H2,(H,17,19)/t9-,10-/m0/s1. The molecule has 0 aromatic carbocycles. The van der Waals surface area contributed by atoms with Gasteiger partial charge < -0.3 is 14.8 Å². The van der Waals surface area contributed by atoms with Crippen LogP contribution in [0, 0.1) is 0 Å². The number of hydrogen-bond donors (Lipinski definition) is 1. The molecule has 22 heavy (non-hydrogen) atoms. The number of nitrogens with zero attached hydrogens (tertiary/aromatic N) is 1. The summed E-state index contributed by atoms with van der Waals surface area (Å²) in [5, 5.41) is 2.69. The Labute approximate surface area is 125 Å². The Morgan fingerprint density at radius 3 is 2.68 bits per heavy atom. The van der Waals surface area contributed by atoms with Crippen molar-refractivity contribution in [2.45, 2.75) is 44.0 Å². The predicted molar refractivity (Wildman–Crippen MR) is 69.1 cm³/mol. The van der Waals surface area contributed by atoms with Crippen molar-refractivity contribution in [1.29, 1.82) is 0 Å². The summed E-state index contributed by atoms with van der Waals surface area (Å²) in [6.45, 7) is -0.415. The summed E-state index contributed by atoms with van der Waals surface area (Å²) in [6, 6.07) is -0.776. The van der Waals surface area contributed by atoms with Crippen molar-refractivity contribution in [3.8, 4) is 0 Å². The maximum atomic E-state index is 12.1. The quantitative estimate of drug-likeness (QED) is 0.850. The smallest absolute Gasteiger partial charge is 0.422 e. The molecule has 2 amide bonds. The number of nitrogens with one attached hydrogen (secondary N) is 1. The van der Waals surface area contributed by atoms with Crippen molar-refractivity contribution in [3.05, 3.63) is 0 Å². The van der Waals surface area contributed by atoms with Gasteiger partial charge in [0.05, 0.1) is 6.10 Å². The van der Waals surface area contributed by atoms with Gasteiger partial charge in [-0.3, -0.25) is 9.69 Å². The second-order valence-corrected chi connectivity index (χ2v) is 5.40. The number of halogens is 3. The summed E-state index contributed by atoms with van der Waals surface area (Å²) in [5.74, 6) is -0.378. The normalized spacial score (nSPS) is 25.3. The van der Waals surface area contributed by atoms with Crippen LogP contribution in [0.15, 0.2) is 0 Å². The fourth-order valence-electron chi connectivity index (χ4n) is 2.62. The molecule has 0 aliphatic carbocycles. The molecule has 126 valence electrons. The molecule has 0 unspecified atom stereocenters. The van der Waals surface area contributed by atoms with E-state index in [2.05, 4.69) is 10.1 Å². The molecule has 1 N–H and O–H groups in total. The first-order chi connectivity index (χ1) is 10.4. The van der Waals surface area contributed by atoms with E-state index in [1.165, 1.54) is 0 Å². The Hall–Kier alpha value is -1.51. The third-order valence-electron chi connectivity index (χ3n) is 3.68. The first-order valence-corrected chi connectivity index (χ1v) is 7.26. The third kappa shape index (κ3) is 4.75. The zero-order chi connectivity index (χ0) is 16.2. The lowest BCUT2D eigenvalue weighted by atomic mass is 10.2. The van der Waals surface area contributed by atoms with E-state index in [0.717, 1.165) is 17.7 Å². The fourth-order valence-corrected chi connectivity index (χ4v) is 2.62. The molecule has 2 aliphatic rings. The SMILES string of the molecule is O=C(NC[C@@H]1CCCO1)[C@@H]1CCCN1C(=O)OCC(F)(F)F. The minimum Gasteiger partial charge on any atom is -0.440 e. The van der Waals surface area contributed by atoms with E-state index in [1.807, 2.05) is 0 Å². The first-order valence-electron chi connectivity index (χ1n) is 7.26. The highest BCUT2D eigenvalue weighted by atomic mass is 19.4. The van der Waals surface area contributed by atoms with Crippen LogP contribution in [0.25, 0.3) is 0 Å². The Balaban J connectivity index is 1.80. The maximum Gasteiger partial charge on any atom is 0.422 e. The number of hydrogen-bond acceptors (Lipinski definition) is 4. The van der Waals surface area contributed by atoms with Crippen molar-refractivity contribution in [3.63, 3.8) is 0 Å². The molecule has 2 saturated heterocycles. The van der Waals surface area contributed by atoms with Gasteiger partial charge >= 0.3 is 12.3 Å². The van der Waals surface area contributed by atoms with Gasteiger partial charge in [0.25, 0.3) is 0 Å². The molecule has 2 rings (SSSR count). The van der Waals surface area contributed by atoms with Gasteiger partial charge in [0.1, 0.15) is 6.04 Å². The van der Waals surface area contributed by atoms with E-state index < -0.39 is 24.9 Å². The molecule has 0 radical (unpaired) electrons. The molecular formula is C13H19F3N2O4. The fraction of sp³-hybridized carbons (Fsp3) is 0.846. The van der Waals surface area contributed by atoms with Crippen LogP contribution in [0.5, 0.6) is 0 Å². The van der Waals surface area contributed by atoms with Crippen LogP contribution in [0.3, 0.4) is 0 Å². The minimum absolute atomic E-state index is 0.0315. The predicted octanol–water partition coefficient (Wildman–Crippen LogP) is 1.44. The lowest BCUT2D eigenvalue weighted by Crippen LogP contribution is -2.48. The Morgan fingerprint density at radius 1 is 1.27 bits per heavy atom. The number of rotatable bonds is 4. The second-order valence-electron chi connectivity index (χ2n) is 5.40. The number of likely N-dealkylation sites (tertiary alicyclic amines) is 1. The molecule has 6 nitrogen and oxygen atoms in total. The van der Waals surface area contributed by atoms with E-state index in [1.54, 1.807) is 0 Å². The average Bonchev–Trinajstić information content (AvgIpc) is 3.12. The molecule has 2 heterocycles. The molecule has 0 saturated carbocycles. The molecular weight excluding hydrogens is 305 g/mol. The highest BCUT2D eigenvalue weighted by Gasteiger charge is 2.37. The monoisotopic (exact) mass is 324 g/mol. The number of carbonyl (C=O) groups is 2. The number of amides is 2. The molecule has 2 aliphatic heterocycles. The van der Waals surface area contributed by atoms with E-state index >= 15 is 0 Å². The highest BCUT2D eigenvalue weighted by Crippen LogP contribution is 2.21. The van der Waals surface area contributed by atoms with Crippen molar-refractivity contribution in [1.82, 2.24) is 10.2 Å².